The first-order valence-electron chi connectivity index (χ1n) is 29.6. The van der Waals surface area contributed by atoms with Crippen LogP contribution < -0.4 is 0 Å². The van der Waals surface area contributed by atoms with Gasteiger partial charge >= 0.3 is 48.4 Å². The van der Waals surface area contributed by atoms with Crippen LogP contribution in [-0.4, -0.2) is 252 Å². The summed E-state index contributed by atoms with van der Waals surface area (Å²) in [4.78, 5) is 107. The average Bonchev–Trinajstić information content (AvgIpc) is 4.07. The van der Waals surface area contributed by atoms with Gasteiger partial charge in [-0.15, -0.1) is 9.18 Å². The van der Waals surface area contributed by atoms with E-state index in [1.807, 2.05) is 86.6 Å². The molecule has 0 aromatic rings. The third kappa shape index (κ3) is 26.3. The molecule has 21 nitrogen and oxygen atoms in total. The molecule has 6 saturated heterocycles. The highest BCUT2D eigenvalue weighted by molar-refractivity contribution is 7.15. The van der Waals surface area contributed by atoms with E-state index in [1.54, 1.807) is 42.4 Å². The zero-order chi connectivity index (χ0) is 65.9. The number of aliphatic carboxylic acids is 2. The number of carbonyl (C=O) groups is 8. The Balaban J connectivity index is 0.00000112. The maximum Gasteiger partial charge on any atom is 0.446 e. The lowest BCUT2D eigenvalue weighted by atomic mass is 9.88. The molecule has 82 heavy (non-hydrogen) atoms. The highest BCUT2D eigenvalue weighted by Gasteiger charge is 2.44. The van der Waals surface area contributed by atoms with Crippen molar-refractivity contribution in [2.45, 2.75) is 176 Å². The molecule has 4 unspecified atom stereocenters. The number of hydrogen-bond donors (Lipinski definition) is 3. The lowest BCUT2D eigenvalue weighted by Gasteiger charge is -2.37. The van der Waals surface area contributed by atoms with Crippen LogP contribution in [0.4, 0.5) is 45.9 Å². The summed E-state index contributed by atoms with van der Waals surface area (Å²) in [6.07, 6.45) is 1.36. The highest BCUT2D eigenvalue weighted by atomic mass is 31.0. The lowest BCUT2D eigenvalue weighted by molar-refractivity contribution is -0.156. The van der Waals surface area contributed by atoms with Gasteiger partial charge in [-0.05, 0) is 132 Å². The van der Waals surface area contributed by atoms with Crippen LogP contribution in [0.25, 0.3) is 0 Å². The number of amides is 8. The van der Waals surface area contributed by atoms with Gasteiger partial charge in [-0.1, -0.05) is 20.5 Å². The second kappa shape index (κ2) is 34.7. The first-order valence-corrected chi connectivity index (χ1v) is 28.7. The first-order chi connectivity index (χ1) is 39.1. The minimum absolute atomic E-state index is 0.0213. The molecule has 6 fully saturated rings. The van der Waals surface area contributed by atoms with E-state index in [1.165, 1.54) is 6.42 Å². The maximum absolute atomic E-state index is 12.5. The Hall–Kier alpha value is -5.00. The van der Waals surface area contributed by atoms with Gasteiger partial charge in [-0.25, -0.2) is 24.0 Å². The van der Waals surface area contributed by atoms with Gasteiger partial charge in [0.25, 0.3) is 0 Å². The number of carbonyl (C=O) groups excluding carboxylic acids is 6. The number of urea groups is 3. The molecule has 0 radical (unpaired) electrons. The summed E-state index contributed by atoms with van der Waals surface area (Å²) < 4.78 is 79.3. The van der Waals surface area contributed by atoms with Crippen molar-refractivity contribution in [1.82, 2.24) is 39.2 Å². The number of ether oxygens (including phenoxy) is 2. The number of aldehydes is 1. The summed E-state index contributed by atoms with van der Waals surface area (Å²) in [6.45, 7) is 31.9. The van der Waals surface area contributed by atoms with Crippen LogP contribution in [0.5, 0.6) is 0 Å². The van der Waals surface area contributed by atoms with Crippen molar-refractivity contribution in [1.29, 1.82) is 1.28 Å². The molecule has 6 aliphatic rings. The monoisotopic (exact) mass is 1210 g/mol. The van der Waals surface area contributed by atoms with Crippen molar-refractivity contribution >= 4 is 57.7 Å². The molecule has 0 spiro atoms. The number of aliphatic hydroxyl groups is 1. The van der Waals surface area contributed by atoms with E-state index in [2.05, 4.69) is 0 Å². The van der Waals surface area contributed by atoms with Gasteiger partial charge in [0.15, 0.2) is 0 Å². The van der Waals surface area contributed by atoms with E-state index < -0.39 is 60.7 Å². The Morgan fingerprint density at radius 3 is 1.21 bits per heavy atom. The molecular weight excluding hydrogens is 1110 g/mol. The van der Waals surface area contributed by atoms with Crippen molar-refractivity contribution in [3.63, 3.8) is 0 Å². The SMILES string of the molecule is CC(C)(C)OC(=O)N1CCN2C(=O)N(CCCC(C)(C)C(=O)O)CC2C1.CC(C)(CCCN1CC2CCCCN2C1=O)C(=O)O.CC(C)(CO)CCCN1CC2CN(C(=O)OC(C)(C)C)CCN2C1=O.O=CC(F)(F)F.[2H]CF.[2H]CF.[2H]PC. The van der Waals surface area contributed by atoms with E-state index >= 15 is 0 Å². The number of halogens is 5. The summed E-state index contributed by atoms with van der Waals surface area (Å²) in [7, 11) is -1.67. The standard InChI is InChI=1S/C18H31N3O5.C18H33N3O4.C14H24N2O3.C2HF3O.2CH3F.CH5P/c1-17(2,3)26-16(25)20-9-10-21-13(12-20)11-19(15(21)24)8-6-7-18(4,5)14(22)23;1-17(2,3)25-16(24)20-9-10-21-14(12-20)11-19(15(21)23)8-6-7-18(4,5)13-22;1-14(2,12(17)18)7-5-8-15-10-11-6-3-4-9-16(11)13(15)19;3-2(4,5)1-6;3*1-2/h13H,6-12H2,1-5H3,(H,22,23);14,22H,6-13H2,1-5H3;11H,3-10H2,1-2H3,(H,17,18);1H;2*1H3;2H2,1H3/i;;;;2*1D;2D. The minimum atomic E-state index is -4.64. The quantitative estimate of drug-likeness (QED) is 0.0789. The number of carboxylic acid groups (broad SMARTS) is 2. The zero-order valence-electron chi connectivity index (χ0n) is 53.9. The number of nitrogens with zero attached hydrogens (tertiary/aromatic N) is 8. The molecule has 0 bridgehead atoms. The summed E-state index contributed by atoms with van der Waals surface area (Å²) in [6, 6.07) is 0.602. The van der Waals surface area contributed by atoms with Crippen molar-refractivity contribution < 1.29 is 87.8 Å². The number of hydrogen-bond acceptors (Lipinski definition) is 11. The van der Waals surface area contributed by atoms with Crippen LogP contribution in [-0.2, 0) is 23.9 Å². The Bertz CT molecular complexity index is 2090. The number of piperidine rings is 1. The topological polar surface area (TPSA) is 242 Å². The van der Waals surface area contributed by atoms with Gasteiger partial charge in [0.05, 0.1) is 47.3 Å². The average molecular weight is 1210 g/mol. The van der Waals surface area contributed by atoms with Gasteiger partial charge in [0, 0.05) is 91.7 Å². The molecule has 3 N–H and O–H groups in total. The third-order valence-corrected chi connectivity index (χ3v) is 14.2. The number of fused-ring (bicyclic) bond motifs is 3. The van der Waals surface area contributed by atoms with E-state index in [0.29, 0.717) is 106 Å². The number of rotatable bonds is 15. The molecule has 6 heterocycles. The van der Waals surface area contributed by atoms with Crippen LogP contribution in [0, 0.1) is 16.2 Å². The van der Waals surface area contributed by atoms with E-state index in [0.717, 1.165) is 45.2 Å². The van der Waals surface area contributed by atoms with Crippen LogP contribution in [0.1, 0.15) is 144 Å². The lowest BCUT2D eigenvalue weighted by Crippen LogP contribution is -2.54. The third-order valence-electron chi connectivity index (χ3n) is 14.2. The molecule has 0 aliphatic carbocycles. The summed E-state index contributed by atoms with van der Waals surface area (Å²) >= 11 is 0. The van der Waals surface area contributed by atoms with Gasteiger partial charge in [-0.3, -0.25) is 23.2 Å². The van der Waals surface area contributed by atoms with Crippen molar-refractivity contribution in [3.8, 4) is 0 Å². The predicted octanol–water partition coefficient (Wildman–Crippen LogP) is 8.95. The second-order valence-electron chi connectivity index (χ2n) is 24.7. The molecule has 0 saturated carbocycles. The number of piperazine rings is 2. The van der Waals surface area contributed by atoms with Gasteiger partial charge in [-0.2, -0.15) is 13.2 Å². The molecule has 0 aromatic heterocycles. The van der Waals surface area contributed by atoms with Crippen LogP contribution in [0.3, 0.4) is 0 Å². The van der Waals surface area contributed by atoms with Gasteiger partial charge < -0.3 is 64.0 Å². The highest BCUT2D eigenvalue weighted by Crippen LogP contribution is 2.30. The van der Waals surface area contributed by atoms with Crippen LogP contribution in [0.15, 0.2) is 0 Å². The molecule has 0 aromatic carbocycles. The summed E-state index contributed by atoms with van der Waals surface area (Å²) in [5, 5.41) is 27.6. The molecule has 8 amide bonds. The van der Waals surface area contributed by atoms with Crippen molar-refractivity contribution in [2.24, 2.45) is 16.2 Å². The fourth-order valence-corrected chi connectivity index (χ4v) is 9.52. The maximum atomic E-state index is 12.5. The molecule has 478 valence electrons. The van der Waals surface area contributed by atoms with E-state index in [4.69, 9.17) is 23.4 Å². The number of alkyl halides is 5. The second-order valence-corrected chi connectivity index (χ2v) is 24.7. The molecule has 27 heteroatoms. The zero-order valence-corrected chi connectivity index (χ0v) is 51.9. The number of aliphatic hydroxyl groups excluding tert-OH is 1. The molecular formula is C55H100F5N8O13P. The molecule has 6 aliphatic heterocycles. The van der Waals surface area contributed by atoms with Gasteiger partial charge in [0.1, 0.15) is 11.2 Å². The van der Waals surface area contributed by atoms with Crippen LogP contribution >= 0.6 is 9.18 Å². The largest absolute Gasteiger partial charge is 0.481 e. The smallest absolute Gasteiger partial charge is 0.446 e. The van der Waals surface area contributed by atoms with E-state index in [9.17, 15) is 65.7 Å². The molecule has 4 atom stereocenters. The minimum Gasteiger partial charge on any atom is -0.481 e. The molecule has 6 rings (SSSR count). The number of carboxylic acids is 2. The Labute approximate surface area is 490 Å². The normalized spacial score (nSPS) is 20.4. The first kappa shape index (κ1) is 71.3. The predicted molar refractivity (Wildman–Crippen MR) is 305 cm³/mol. The Kier molecular flexibility index (Phi) is 30.2. The van der Waals surface area contributed by atoms with Crippen molar-refractivity contribution in [3.05, 3.63) is 0 Å². The Morgan fingerprint density at radius 2 is 0.915 bits per heavy atom. The van der Waals surface area contributed by atoms with Gasteiger partial charge in [0.2, 0.25) is 6.29 Å². The van der Waals surface area contributed by atoms with E-state index in [-0.39, 0.29) is 54.4 Å². The fourth-order valence-electron chi connectivity index (χ4n) is 9.52. The summed E-state index contributed by atoms with van der Waals surface area (Å²) in [5.41, 5.74) is -2.64. The Morgan fingerprint density at radius 1 is 0.598 bits per heavy atom. The fraction of sp³-hybridized carbons (Fsp3) is 0.855. The van der Waals surface area contributed by atoms with Crippen LogP contribution in [0.2, 0.25) is 0 Å². The van der Waals surface area contributed by atoms with Crippen molar-refractivity contribution in [2.75, 3.05) is 113 Å². The summed E-state index contributed by atoms with van der Waals surface area (Å²) in [5.74, 6) is -1.59.